The summed E-state index contributed by atoms with van der Waals surface area (Å²) in [6.07, 6.45) is 5.92. The number of hydrogen-bond acceptors (Lipinski definition) is 1. The molecule has 0 spiro atoms. The second-order valence-corrected chi connectivity index (χ2v) is 5.71. The number of unbranched alkanes of at least 4 members (excludes halogenated alkanes) is 3. The van der Waals surface area contributed by atoms with Gasteiger partial charge in [0.15, 0.2) is 0 Å². The first-order valence-electron chi connectivity index (χ1n) is 7.91. The molecular weight excluding hydrogens is 260 g/mol. The molecule has 2 nitrogen and oxygen atoms in total. The molecule has 0 saturated carbocycles. The number of fused-ring (bicyclic) bond motifs is 1. The highest BCUT2D eigenvalue weighted by Gasteiger charge is 2.17. The fourth-order valence-corrected chi connectivity index (χ4v) is 3.00. The number of aliphatic carboxylic acids is 1. The number of rotatable bonds is 8. The zero-order valence-electron chi connectivity index (χ0n) is 12.7. The Hall–Kier alpha value is -1.83. The maximum absolute atomic E-state index is 11.2. The van der Waals surface area contributed by atoms with E-state index in [1.165, 1.54) is 35.6 Å². The van der Waals surface area contributed by atoms with E-state index in [2.05, 4.69) is 31.2 Å². The molecule has 0 saturated heterocycles. The molecule has 2 heteroatoms. The van der Waals surface area contributed by atoms with E-state index in [1.54, 1.807) is 0 Å². The predicted octanol–water partition coefficient (Wildman–Crippen LogP) is 5.37. The van der Waals surface area contributed by atoms with Crippen LogP contribution in [0.4, 0.5) is 0 Å². The molecular formula is C19H24O2. The second kappa shape index (κ2) is 7.82. The van der Waals surface area contributed by atoms with Gasteiger partial charge in [-0.2, -0.15) is 0 Å². The van der Waals surface area contributed by atoms with Crippen LogP contribution in [0.25, 0.3) is 10.8 Å². The first-order chi connectivity index (χ1) is 10.2. The Morgan fingerprint density at radius 3 is 2.57 bits per heavy atom. The van der Waals surface area contributed by atoms with Crippen LogP contribution in [-0.4, -0.2) is 11.1 Å². The molecule has 0 radical (unpaired) electrons. The third kappa shape index (κ3) is 4.32. The van der Waals surface area contributed by atoms with Crippen LogP contribution in [-0.2, 0) is 4.79 Å². The summed E-state index contributed by atoms with van der Waals surface area (Å²) in [4.78, 5) is 11.2. The summed E-state index contributed by atoms with van der Waals surface area (Å²) >= 11 is 0. The van der Waals surface area contributed by atoms with Gasteiger partial charge in [0, 0.05) is 0 Å². The standard InChI is InChI=1S/C19H24O2/c1-2-3-4-5-10-16(14-19(20)21)18-13-8-11-15-9-6-7-12-17(15)18/h6-9,11-13,16H,2-5,10,14H2,1H3,(H,20,21)/t16-/m1/s1. The van der Waals surface area contributed by atoms with Gasteiger partial charge >= 0.3 is 5.97 Å². The van der Waals surface area contributed by atoms with Crippen molar-refractivity contribution in [3.63, 3.8) is 0 Å². The van der Waals surface area contributed by atoms with E-state index >= 15 is 0 Å². The molecule has 2 aromatic carbocycles. The number of carbonyl (C=O) groups is 1. The Labute approximate surface area is 126 Å². The van der Waals surface area contributed by atoms with E-state index in [-0.39, 0.29) is 12.3 Å². The lowest BCUT2D eigenvalue weighted by atomic mass is 9.87. The van der Waals surface area contributed by atoms with Gasteiger partial charge in [0.25, 0.3) is 0 Å². The van der Waals surface area contributed by atoms with Gasteiger partial charge in [0.1, 0.15) is 0 Å². The molecule has 112 valence electrons. The van der Waals surface area contributed by atoms with Crippen molar-refractivity contribution in [1.29, 1.82) is 0 Å². The number of benzene rings is 2. The molecule has 0 amide bonds. The molecule has 0 bridgehead atoms. The lowest BCUT2D eigenvalue weighted by molar-refractivity contribution is -0.137. The van der Waals surface area contributed by atoms with Crippen LogP contribution in [0.2, 0.25) is 0 Å². The van der Waals surface area contributed by atoms with Crippen molar-refractivity contribution in [1.82, 2.24) is 0 Å². The van der Waals surface area contributed by atoms with Crippen molar-refractivity contribution in [3.8, 4) is 0 Å². The smallest absolute Gasteiger partial charge is 0.303 e. The van der Waals surface area contributed by atoms with Crippen LogP contribution < -0.4 is 0 Å². The highest BCUT2D eigenvalue weighted by Crippen LogP contribution is 2.31. The number of hydrogen-bond donors (Lipinski definition) is 1. The van der Waals surface area contributed by atoms with Crippen molar-refractivity contribution in [2.75, 3.05) is 0 Å². The third-order valence-electron chi connectivity index (χ3n) is 4.09. The quantitative estimate of drug-likeness (QED) is 0.662. The first kappa shape index (κ1) is 15.6. The molecule has 0 aliphatic heterocycles. The summed E-state index contributed by atoms with van der Waals surface area (Å²) in [6.45, 7) is 2.19. The summed E-state index contributed by atoms with van der Waals surface area (Å²) in [5.74, 6) is -0.589. The average Bonchev–Trinajstić information content (AvgIpc) is 2.49. The molecule has 0 aliphatic rings. The summed E-state index contributed by atoms with van der Waals surface area (Å²) in [7, 11) is 0. The SMILES string of the molecule is CCCCCC[C@H](CC(=O)O)c1cccc2ccccc12. The van der Waals surface area contributed by atoms with Crippen LogP contribution >= 0.6 is 0 Å². The Morgan fingerprint density at radius 2 is 1.81 bits per heavy atom. The Morgan fingerprint density at radius 1 is 1.05 bits per heavy atom. The van der Waals surface area contributed by atoms with Gasteiger partial charge in [0.2, 0.25) is 0 Å². The average molecular weight is 284 g/mol. The van der Waals surface area contributed by atoms with Crippen molar-refractivity contribution >= 4 is 16.7 Å². The van der Waals surface area contributed by atoms with Gasteiger partial charge in [-0.3, -0.25) is 4.79 Å². The molecule has 0 aliphatic carbocycles. The zero-order valence-corrected chi connectivity index (χ0v) is 12.7. The molecule has 0 aromatic heterocycles. The fraction of sp³-hybridized carbons (Fsp3) is 0.421. The van der Waals surface area contributed by atoms with Crippen molar-refractivity contribution in [2.24, 2.45) is 0 Å². The Bertz CT molecular complexity index is 584. The number of carboxylic acids is 1. The van der Waals surface area contributed by atoms with Crippen LogP contribution in [0.1, 0.15) is 56.9 Å². The van der Waals surface area contributed by atoms with E-state index < -0.39 is 5.97 Å². The Kier molecular flexibility index (Phi) is 5.79. The minimum absolute atomic E-state index is 0.116. The highest BCUT2D eigenvalue weighted by atomic mass is 16.4. The van der Waals surface area contributed by atoms with Crippen molar-refractivity contribution in [3.05, 3.63) is 48.0 Å². The summed E-state index contributed by atoms with van der Waals surface area (Å²) in [6, 6.07) is 14.5. The predicted molar refractivity (Wildman–Crippen MR) is 87.7 cm³/mol. The molecule has 1 N–H and O–H groups in total. The first-order valence-corrected chi connectivity index (χ1v) is 7.91. The van der Waals surface area contributed by atoms with Gasteiger partial charge in [-0.25, -0.2) is 0 Å². The lowest BCUT2D eigenvalue weighted by Gasteiger charge is -2.17. The van der Waals surface area contributed by atoms with Crippen LogP contribution in [0, 0.1) is 0 Å². The molecule has 0 fully saturated rings. The van der Waals surface area contributed by atoms with E-state index in [4.69, 9.17) is 0 Å². The normalized spacial score (nSPS) is 12.4. The van der Waals surface area contributed by atoms with Gasteiger partial charge in [-0.15, -0.1) is 0 Å². The number of carboxylic acid groups (broad SMARTS) is 1. The van der Waals surface area contributed by atoms with E-state index in [0.29, 0.717) is 0 Å². The summed E-state index contributed by atoms with van der Waals surface area (Å²) in [5, 5.41) is 11.6. The fourth-order valence-electron chi connectivity index (χ4n) is 3.00. The van der Waals surface area contributed by atoms with Gasteiger partial charge < -0.3 is 5.11 Å². The van der Waals surface area contributed by atoms with Gasteiger partial charge in [-0.05, 0) is 28.7 Å². The van der Waals surface area contributed by atoms with E-state index in [1.807, 2.05) is 18.2 Å². The van der Waals surface area contributed by atoms with Gasteiger partial charge in [0.05, 0.1) is 6.42 Å². The minimum atomic E-state index is -0.705. The third-order valence-corrected chi connectivity index (χ3v) is 4.09. The van der Waals surface area contributed by atoms with Crippen molar-refractivity contribution < 1.29 is 9.90 Å². The maximum atomic E-state index is 11.2. The lowest BCUT2D eigenvalue weighted by Crippen LogP contribution is -2.07. The topological polar surface area (TPSA) is 37.3 Å². The molecule has 0 unspecified atom stereocenters. The monoisotopic (exact) mass is 284 g/mol. The minimum Gasteiger partial charge on any atom is -0.481 e. The maximum Gasteiger partial charge on any atom is 0.303 e. The van der Waals surface area contributed by atoms with Crippen LogP contribution in [0.5, 0.6) is 0 Å². The highest BCUT2D eigenvalue weighted by molar-refractivity contribution is 5.86. The summed E-state index contributed by atoms with van der Waals surface area (Å²) in [5.41, 5.74) is 1.19. The summed E-state index contributed by atoms with van der Waals surface area (Å²) < 4.78 is 0. The molecule has 0 heterocycles. The van der Waals surface area contributed by atoms with E-state index in [0.717, 1.165) is 12.8 Å². The second-order valence-electron chi connectivity index (χ2n) is 5.71. The molecule has 2 rings (SSSR count). The van der Waals surface area contributed by atoms with Gasteiger partial charge in [-0.1, -0.05) is 75.1 Å². The largest absolute Gasteiger partial charge is 0.481 e. The molecule has 2 aromatic rings. The van der Waals surface area contributed by atoms with E-state index in [9.17, 15) is 9.90 Å². The Balaban J connectivity index is 2.23. The van der Waals surface area contributed by atoms with Crippen molar-refractivity contribution in [2.45, 2.75) is 51.4 Å². The van der Waals surface area contributed by atoms with Crippen LogP contribution in [0.15, 0.2) is 42.5 Å². The molecule has 21 heavy (non-hydrogen) atoms. The zero-order chi connectivity index (χ0) is 15.1. The van der Waals surface area contributed by atoms with Crippen LogP contribution in [0.3, 0.4) is 0 Å². The molecule has 1 atom stereocenters.